The number of pyridine rings is 1. The Balaban J connectivity index is 1.99. The van der Waals surface area contributed by atoms with Crippen molar-refractivity contribution < 1.29 is 4.74 Å². The molecule has 96 valence electrons. The molecule has 1 aromatic heterocycles. The Morgan fingerprint density at radius 1 is 1.22 bits per heavy atom. The molecular formula is C14H17BrN2O. The minimum atomic E-state index is 0.698. The lowest BCUT2D eigenvalue weighted by atomic mass is 10.2. The molecule has 0 spiro atoms. The van der Waals surface area contributed by atoms with E-state index in [0.717, 1.165) is 28.3 Å². The lowest BCUT2D eigenvalue weighted by molar-refractivity contribution is 0.274. The molecule has 2 aromatic rings. The minimum Gasteiger partial charge on any atom is -0.478 e. The lowest BCUT2D eigenvalue weighted by Crippen LogP contribution is -2.15. The first-order valence-electron chi connectivity index (χ1n) is 5.99. The van der Waals surface area contributed by atoms with Crippen LogP contribution >= 0.6 is 15.9 Å². The SMILES string of the molecule is CN(C)CCCOc1ccc2cc(Br)ccc2n1. The van der Waals surface area contributed by atoms with Crippen LogP contribution in [0.15, 0.2) is 34.8 Å². The molecule has 2 rings (SSSR count). The van der Waals surface area contributed by atoms with Crippen LogP contribution in [-0.2, 0) is 0 Å². The Bertz CT molecular complexity index is 528. The molecule has 0 aliphatic heterocycles. The van der Waals surface area contributed by atoms with Gasteiger partial charge in [0.2, 0.25) is 5.88 Å². The fraction of sp³-hybridized carbons (Fsp3) is 0.357. The van der Waals surface area contributed by atoms with Gasteiger partial charge in [-0.15, -0.1) is 0 Å². The fourth-order valence-electron chi connectivity index (χ4n) is 1.72. The summed E-state index contributed by atoms with van der Waals surface area (Å²) in [5.74, 6) is 0.698. The van der Waals surface area contributed by atoms with Crippen molar-refractivity contribution in [1.82, 2.24) is 9.88 Å². The van der Waals surface area contributed by atoms with E-state index < -0.39 is 0 Å². The van der Waals surface area contributed by atoms with E-state index >= 15 is 0 Å². The second-order valence-electron chi connectivity index (χ2n) is 4.49. The van der Waals surface area contributed by atoms with E-state index in [0.29, 0.717) is 12.5 Å². The maximum absolute atomic E-state index is 5.65. The summed E-state index contributed by atoms with van der Waals surface area (Å²) in [6.07, 6.45) is 1.01. The van der Waals surface area contributed by atoms with E-state index in [1.807, 2.05) is 24.3 Å². The molecule has 0 saturated carbocycles. The van der Waals surface area contributed by atoms with Crippen molar-refractivity contribution in [3.63, 3.8) is 0 Å². The van der Waals surface area contributed by atoms with Gasteiger partial charge in [-0.2, -0.15) is 0 Å². The number of halogens is 1. The number of benzene rings is 1. The van der Waals surface area contributed by atoms with Crippen LogP contribution in [0.5, 0.6) is 5.88 Å². The number of ether oxygens (including phenoxy) is 1. The van der Waals surface area contributed by atoms with Gasteiger partial charge >= 0.3 is 0 Å². The summed E-state index contributed by atoms with van der Waals surface area (Å²) >= 11 is 3.45. The smallest absolute Gasteiger partial charge is 0.213 e. The highest BCUT2D eigenvalue weighted by Crippen LogP contribution is 2.20. The average molecular weight is 309 g/mol. The van der Waals surface area contributed by atoms with Crippen LogP contribution in [0.2, 0.25) is 0 Å². The number of rotatable bonds is 5. The highest BCUT2D eigenvalue weighted by atomic mass is 79.9. The van der Waals surface area contributed by atoms with Gasteiger partial charge in [0.1, 0.15) is 0 Å². The Kier molecular flexibility index (Phi) is 4.55. The fourth-order valence-corrected chi connectivity index (χ4v) is 2.09. The first kappa shape index (κ1) is 13.3. The number of hydrogen-bond donors (Lipinski definition) is 0. The van der Waals surface area contributed by atoms with Crippen LogP contribution in [0, 0.1) is 0 Å². The topological polar surface area (TPSA) is 25.4 Å². The van der Waals surface area contributed by atoms with Crippen LogP contribution in [-0.4, -0.2) is 37.1 Å². The normalized spacial score (nSPS) is 11.1. The Morgan fingerprint density at radius 3 is 2.83 bits per heavy atom. The summed E-state index contributed by atoms with van der Waals surface area (Å²) in [6, 6.07) is 9.99. The van der Waals surface area contributed by atoms with Gasteiger partial charge in [0, 0.05) is 22.5 Å². The predicted molar refractivity (Wildman–Crippen MR) is 78.1 cm³/mol. The second kappa shape index (κ2) is 6.16. The summed E-state index contributed by atoms with van der Waals surface area (Å²) in [7, 11) is 4.12. The summed E-state index contributed by atoms with van der Waals surface area (Å²) in [5.41, 5.74) is 0.961. The van der Waals surface area contributed by atoms with Gasteiger partial charge in [-0.05, 0) is 44.8 Å². The zero-order valence-electron chi connectivity index (χ0n) is 10.7. The third kappa shape index (κ3) is 3.68. The minimum absolute atomic E-state index is 0.698. The molecule has 0 aliphatic carbocycles. The summed E-state index contributed by atoms with van der Waals surface area (Å²) in [4.78, 5) is 6.62. The van der Waals surface area contributed by atoms with E-state index in [2.05, 4.69) is 46.0 Å². The molecule has 18 heavy (non-hydrogen) atoms. The van der Waals surface area contributed by atoms with Gasteiger partial charge in [0.05, 0.1) is 12.1 Å². The monoisotopic (exact) mass is 308 g/mol. The van der Waals surface area contributed by atoms with Gasteiger partial charge in [-0.25, -0.2) is 4.98 Å². The molecule has 0 bridgehead atoms. The third-order valence-electron chi connectivity index (χ3n) is 2.63. The van der Waals surface area contributed by atoms with Gasteiger partial charge in [-0.3, -0.25) is 0 Å². The zero-order chi connectivity index (χ0) is 13.0. The zero-order valence-corrected chi connectivity index (χ0v) is 12.3. The molecule has 0 unspecified atom stereocenters. The molecule has 4 heteroatoms. The number of hydrogen-bond acceptors (Lipinski definition) is 3. The first-order chi connectivity index (χ1) is 8.65. The van der Waals surface area contributed by atoms with Gasteiger partial charge in [0.25, 0.3) is 0 Å². The quantitative estimate of drug-likeness (QED) is 0.792. The van der Waals surface area contributed by atoms with Crippen molar-refractivity contribution in [2.75, 3.05) is 27.2 Å². The molecule has 0 aliphatic rings. The maximum Gasteiger partial charge on any atom is 0.213 e. The van der Waals surface area contributed by atoms with Crippen LogP contribution in [0.25, 0.3) is 10.9 Å². The van der Waals surface area contributed by atoms with Crippen LogP contribution in [0.4, 0.5) is 0 Å². The highest BCUT2D eigenvalue weighted by Gasteiger charge is 2.00. The van der Waals surface area contributed by atoms with E-state index in [9.17, 15) is 0 Å². The van der Waals surface area contributed by atoms with Crippen molar-refractivity contribution in [3.8, 4) is 5.88 Å². The molecule has 0 saturated heterocycles. The summed E-state index contributed by atoms with van der Waals surface area (Å²) in [6.45, 7) is 1.73. The van der Waals surface area contributed by atoms with Crippen molar-refractivity contribution in [2.45, 2.75) is 6.42 Å². The number of fused-ring (bicyclic) bond motifs is 1. The molecule has 0 fully saturated rings. The van der Waals surface area contributed by atoms with Crippen LogP contribution < -0.4 is 4.74 Å². The molecule has 0 atom stereocenters. The third-order valence-corrected chi connectivity index (χ3v) is 3.12. The molecule has 0 radical (unpaired) electrons. The summed E-state index contributed by atoms with van der Waals surface area (Å²) < 4.78 is 6.71. The molecule has 0 amide bonds. The predicted octanol–water partition coefficient (Wildman–Crippen LogP) is 3.33. The molecular weight excluding hydrogens is 292 g/mol. The average Bonchev–Trinajstić information content (AvgIpc) is 2.34. The second-order valence-corrected chi connectivity index (χ2v) is 5.41. The van der Waals surface area contributed by atoms with Crippen molar-refractivity contribution in [3.05, 3.63) is 34.8 Å². The first-order valence-corrected chi connectivity index (χ1v) is 6.78. The van der Waals surface area contributed by atoms with Crippen molar-refractivity contribution >= 4 is 26.8 Å². The van der Waals surface area contributed by atoms with E-state index in [1.165, 1.54) is 0 Å². The molecule has 0 N–H and O–H groups in total. The van der Waals surface area contributed by atoms with Gasteiger partial charge in [-0.1, -0.05) is 15.9 Å². The Hall–Kier alpha value is -1.13. The lowest BCUT2D eigenvalue weighted by Gasteiger charge is -2.10. The van der Waals surface area contributed by atoms with E-state index in [-0.39, 0.29) is 0 Å². The van der Waals surface area contributed by atoms with Crippen LogP contribution in [0.1, 0.15) is 6.42 Å². The van der Waals surface area contributed by atoms with Crippen molar-refractivity contribution in [2.24, 2.45) is 0 Å². The summed E-state index contributed by atoms with van der Waals surface area (Å²) in [5, 5.41) is 1.12. The van der Waals surface area contributed by atoms with Gasteiger partial charge in [0.15, 0.2) is 0 Å². The Morgan fingerprint density at radius 2 is 2.06 bits per heavy atom. The largest absolute Gasteiger partial charge is 0.478 e. The van der Waals surface area contributed by atoms with Gasteiger partial charge < -0.3 is 9.64 Å². The number of aromatic nitrogens is 1. The molecule has 1 aromatic carbocycles. The standard InChI is InChI=1S/C14H17BrN2O/c1-17(2)8-3-9-18-14-7-4-11-10-12(15)5-6-13(11)16-14/h4-7,10H,3,8-9H2,1-2H3. The molecule has 1 heterocycles. The van der Waals surface area contributed by atoms with Crippen molar-refractivity contribution in [1.29, 1.82) is 0 Å². The Labute approximate surface area is 116 Å². The van der Waals surface area contributed by atoms with E-state index in [1.54, 1.807) is 0 Å². The number of nitrogens with zero attached hydrogens (tertiary/aromatic N) is 2. The maximum atomic E-state index is 5.65. The molecule has 3 nitrogen and oxygen atoms in total. The highest BCUT2D eigenvalue weighted by molar-refractivity contribution is 9.10. The van der Waals surface area contributed by atoms with Crippen LogP contribution in [0.3, 0.4) is 0 Å². The van der Waals surface area contributed by atoms with E-state index in [4.69, 9.17) is 4.74 Å².